The molecular weight excluding hydrogens is 350 g/mol. The molecule has 0 aromatic heterocycles. The molecular formula is C14H7ClF2N2O5. The van der Waals surface area contributed by atoms with Crippen molar-refractivity contribution in [1.29, 1.82) is 0 Å². The highest BCUT2D eigenvalue weighted by Gasteiger charge is 2.43. The van der Waals surface area contributed by atoms with Crippen LogP contribution in [-0.2, 0) is 0 Å². The van der Waals surface area contributed by atoms with Crippen LogP contribution in [0.15, 0.2) is 36.4 Å². The smallest absolute Gasteiger partial charge is 0.395 e. The second-order valence-electron chi connectivity index (χ2n) is 4.71. The summed E-state index contributed by atoms with van der Waals surface area (Å²) in [6.07, 6.45) is -3.76. The van der Waals surface area contributed by atoms with Crippen LogP contribution in [0.5, 0.6) is 11.5 Å². The molecule has 0 fully saturated rings. The number of carbonyl (C=O) groups excluding carboxylic acids is 1. The number of ether oxygens (including phenoxy) is 2. The van der Waals surface area contributed by atoms with Gasteiger partial charge >= 0.3 is 6.29 Å². The van der Waals surface area contributed by atoms with E-state index in [-0.39, 0.29) is 27.8 Å². The predicted octanol–water partition coefficient (Wildman–Crippen LogP) is 3.82. The molecule has 1 aliphatic rings. The van der Waals surface area contributed by atoms with Gasteiger partial charge in [-0.25, -0.2) is 0 Å². The van der Waals surface area contributed by atoms with Crippen molar-refractivity contribution in [2.24, 2.45) is 0 Å². The van der Waals surface area contributed by atoms with E-state index in [0.29, 0.717) is 0 Å². The molecule has 1 amide bonds. The van der Waals surface area contributed by atoms with Crippen LogP contribution >= 0.6 is 11.6 Å². The number of alkyl halides is 2. The molecule has 1 heterocycles. The largest absolute Gasteiger partial charge is 0.586 e. The number of rotatable bonds is 3. The molecule has 124 valence electrons. The highest BCUT2D eigenvalue weighted by Crippen LogP contribution is 2.42. The molecule has 0 atom stereocenters. The molecule has 0 saturated carbocycles. The molecule has 0 unspecified atom stereocenters. The molecule has 1 aliphatic heterocycles. The Hall–Kier alpha value is -2.94. The van der Waals surface area contributed by atoms with Gasteiger partial charge < -0.3 is 14.8 Å². The Balaban J connectivity index is 1.81. The summed E-state index contributed by atoms with van der Waals surface area (Å²) in [6.45, 7) is 0. The molecule has 2 aromatic carbocycles. The van der Waals surface area contributed by atoms with E-state index in [1.165, 1.54) is 24.3 Å². The number of halogens is 3. The normalized spacial score (nSPS) is 14.3. The number of nitro benzene ring substituents is 1. The topological polar surface area (TPSA) is 90.7 Å². The van der Waals surface area contributed by atoms with Crippen molar-refractivity contribution in [1.82, 2.24) is 0 Å². The zero-order chi connectivity index (χ0) is 17.5. The number of benzene rings is 2. The van der Waals surface area contributed by atoms with Gasteiger partial charge in [0.1, 0.15) is 5.02 Å². The van der Waals surface area contributed by atoms with Crippen molar-refractivity contribution in [3.8, 4) is 11.5 Å². The van der Waals surface area contributed by atoms with Crippen molar-refractivity contribution >= 4 is 28.9 Å². The minimum Gasteiger partial charge on any atom is -0.395 e. The predicted molar refractivity (Wildman–Crippen MR) is 78.7 cm³/mol. The van der Waals surface area contributed by atoms with Crippen LogP contribution in [0.3, 0.4) is 0 Å². The summed E-state index contributed by atoms with van der Waals surface area (Å²) >= 11 is 5.67. The van der Waals surface area contributed by atoms with Gasteiger partial charge in [0.25, 0.3) is 11.6 Å². The van der Waals surface area contributed by atoms with Gasteiger partial charge in [0, 0.05) is 23.4 Å². The van der Waals surface area contributed by atoms with Crippen molar-refractivity contribution in [2.45, 2.75) is 6.29 Å². The Kier molecular flexibility index (Phi) is 3.72. The van der Waals surface area contributed by atoms with Gasteiger partial charge in [-0.3, -0.25) is 14.9 Å². The monoisotopic (exact) mass is 356 g/mol. The molecule has 0 radical (unpaired) electrons. The van der Waals surface area contributed by atoms with E-state index < -0.39 is 22.8 Å². The van der Waals surface area contributed by atoms with Crippen molar-refractivity contribution < 1.29 is 28.0 Å². The van der Waals surface area contributed by atoms with Crippen LogP contribution in [0.4, 0.5) is 20.2 Å². The summed E-state index contributed by atoms with van der Waals surface area (Å²) in [5, 5.41) is 13.1. The molecule has 1 N–H and O–H groups in total. The average Bonchev–Trinajstić information content (AvgIpc) is 2.80. The Labute approximate surface area is 137 Å². The van der Waals surface area contributed by atoms with Gasteiger partial charge in [-0.05, 0) is 24.3 Å². The zero-order valence-corrected chi connectivity index (χ0v) is 12.3. The van der Waals surface area contributed by atoms with E-state index >= 15 is 0 Å². The fourth-order valence-electron chi connectivity index (χ4n) is 2.02. The number of nitrogens with one attached hydrogen (secondary N) is 1. The van der Waals surface area contributed by atoms with E-state index in [9.17, 15) is 23.7 Å². The number of nitrogens with zero attached hydrogens (tertiary/aromatic N) is 1. The van der Waals surface area contributed by atoms with Crippen LogP contribution in [0.1, 0.15) is 10.4 Å². The first kappa shape index (κ1) is 15.9. The maximum absolute atomic E-state index is 12.9. The first-order valence-electron chi connectivity index (χ1n) is 6.40. The van der Waals surface area contributed by atoms with Gasteiger partial charge in [0.05, 0.1) is 4.92 Å². The highest BCUT2D eigenvalue weighted by atomic mass is 35.5. The molecule has 0 spiro atoms. The third kappa shape index (κ3) is 3.06. The lowest BCUT2D eigenvalue weighted by atomic mass is 10.2. The second kappa shape index (κ2) is 5.60. The van der Waals surface area contributed by atoms with Gasteiger partial charge in [-0.1, -0.05) is 11.6 Å². The van der Waals surface area contributed by atoms with Gasteiger partial charge in [0.15, 0.2) is 11.5 Å². The highest BCUT2D eigenvalue weighted by molar-refractivity contribution is 6.32. The Morgan fingerprint density at radius 1 is 1.17 bits per heavy atom. The first-order valence-corrected chi connectivity index (χ1v) is 6.78. The quantitative estimate of drug-likeness (QED) is 0.666. The maximum Gasteiger partial charge on any atom is 0.586 e. The number of amides is 1. The zero-order valence-electron chi connectivity index (χ0n) is 11.6. The maximum atomic E-state index is 12.9. The average molecular weight is 357 g/mol. The van der Waals surface area contributed by atoms with Crippen molar-refractivity contribution in [3.05, 3.63) is 57.1 Å². The third-order valence-electron chi connectivity index (χ3n) is 3.06. The van der Waals surface area contributed by atoms with Gasteiger partial charge in [-0.15, -0.1) is 8.78 Å². The SMILES string of the molecule is O=C(Nc1ccc2c(c1)OC(F)(F)O2)c1ccc(Cl)c([N+](=O)[O-])c1. The fraction of sp³-hybridized carbons (Fsp3) is 0.0714. The standard InChI is InChI=1S/C14H7ClF2N2O5/c15-9-3-1-7(5-10(9)19(21)22)13(20)18-8-2-4-11-12(6-8)24-14(16,17)23-11/h1-6H,(H,18,20). The summed E-state index contributed by atoms with van der Waals surface area (Å²) in [5.74, 6) is -1.08. The van der Waals surface area contributed by atoms with Gasteiger partial charge in [-0.2, -0.15) is 0 Å². The number of hydrogen-bond donors (Lipinski definition) is 1. The molecule has 0 bridgehead atoms. The summed E-state index contributed by atoms with van der Waals surface area (Å²) in [6, 6.07) is 7.21. The van der Waals surface area contributed by atoms with Crippen molar-refractivity contribution in [2.75, 3.05) is 5.32 Å². The van der Waals surface area contributed by atoms with Gasteiger partial charge in [0.2, 0.25) is 0 Å². The first-order chi connectivity index (χ1) is 11.2. The number of hydrogen-bond acceptors (Lipinski definition) is 5. The van der Waals surface area contributed by atoms with Crippen LogP contribution in [0, 0.1) is 10.1 Å². The van der Waals surface area contributed by atoms with Crippen LogP contribution < -0.4 is 14.8 Å². The lowest BCUT2D eigenvalue weighted by Crippen LogP contribution is -2.25. The minimum atomic E-state index is -3.76. The summed E-state index contributed by atoms with van der Waals surface area (Å²) < 4.78 is 34.4. The summed E-state index contributed by atoms with van der Waals surface area (Å²) in [7, 11) is 0. The van der Waals surface area contributed by atoms with Crippen molar-refractivity contribution in [3.63, 3.8) is 0 Å². The molecule has 0 saturated heterocycles. The second-order valence-corrected chi connectivity index (χ2v) is 5.11. The molecule has 2 aromatic rings. The Morgan fingerprint density at radius 3 is 2.58 bits per heavy atom. The number of fused-ring (bicyclic) bond motifs is 1. The minimum absolute atomic E-state index is 0.0194. The molecule has 10 heteroatoms. The summed E-state index contributed by atoms with van der Waals surface area (Å²) in [4.78, 5) is 22.2. The van der Waals surface area contributed by atoms with E-state index in [1.807, 2.05) is 0 Å². The molecule has 24 heavy (non-hydrogen) atoms. The Morgan fingerprint density at radius 2 is 1.88 bits per heavy atom. The third-order valence-corrected chi connectivity index (χ3v) is 3.38. The number of nitro groups is 1. The molecule has 0 aliphatic carbocycles. The molecule has 3 rings (SSSR count). The summed E-state index contributed by atoms with van der Waals surface area (Å²) in [5.41, 5.74) is -0.290. The van der Waals surface area contributed by atoms with E-state index in [0.717, 1.165) is 12.1 Å². The lowest BCUT2D eigenvalue weighted by Gasteiger charge is -2.06. The lowest BCUT2D eigenvalue weighted by molar-refractivity contribution is -0.384. The van der Waals surface area contributed by atoms with E-state index in [4.69, 9.17) is 11.6 Å². The number of anilines is 1. The van der Waals surface area contributed by atoms with Crippen LogP contribution in [0.2, 0.25) is 5.02 Å². The number of carbonyl (C=O) groups is 1. The molecule has 7 nitrogen and oxygen atoms in total. The fourth-order valence-corrected chi connectivity index (χ4v) is 2.21. The van der Waals surface area contributed by atoms with Crippen LogP contribution in [0.25, 0.3) is 0 Å². The van der Waals surface area contributed by atoms with E-state index in [1.54, 1.807) is 0 Å². The van der Waals surface area contributed by atoms with Crippen LogP contribution in [-0.4, -0.2) is 17.1 Å². The van der Waals surface area contributed by atoms with E-state index in [2.05, 4.69) is 14.8 Å². The Bertz CT molecular complexity index is 859.